The molecule has 6 rings (SSSR count). The maximum atomic E-state index is 12.4. The van der Waals surface area contributed by atoms with Crippen LogP contribution in [0.1, 0.15) is 69.7 Å². The molecule has 2 fully saturated rings. The van der Waals surface area contributed by atoms with Crippen LogP contribution < -0.4 is 5.32 Å². The minimum atomic E-state index is -0.406. The van der Waals surface area contributed by atoms with Gasteiger partial charge in [0, 0.05) is 25.1 Å². The zero-order valence-electron chi connectivity index (χ0n) is 21.7. The predicted octanol–water partition coefficient (Wildman–Crippen LogP) is 6.08. The van der Waals surface area contributed by atoms with Crippen molar-refractivity contribution in [3.63, 3.8) is 0 Å². The molecule has 2 atom stereocenters. The minimum Gasteiger partial charge on any atom is -0.498 e. The Kier molecular flexibility index (Phi) is 6.26. The zero-order chi connectivity index (χ0) is 25.5. The molecule has 0 radical (unpaired) electrons. The number of amides is 1. The van der Waals surface area contributed by atoms with Gasteiger partial charge in [0.2, 0.25) is 11.8 Å². The summed E-state index contributed by atoms with van der Waals surface area (Å²) < 4.78 is 17.4. The lowest BCUT2D eigenvalue weighted by Gasteiger charge is -2.43. The number of hydrogen-bond acceptors (Lipinski definition) is 7. The van der Waals surface area contributed by atoms with E-state index >= 15 is 0 Å². The molecule has 1 aromatic carbocycles. The van der Waals surface area contributed by atoms with Crippen LogP contribution in [0.2, 0.25) is 0 Å². The number of nitrogens with zero attached hydrogens (tertiary/aromatic N) is 3. The Labute approximate surface area is 217 Å². The van der Waals surface area contributed by atoms with E-state index < -0.39 is 6.09 Å². The van der Waals surface area contributed by atoms with Crippen LogP contribution in [0.25, 0.3) is 11.3 Å². The fourth-order valence-electron chi connectivity index (χ4n) is 5.58. The average molecular weight is 503 g/mol. The lowest BCUT2D eigenvalue weighted by molar-refractivity contribution is 0.108. The van der Waals surface area contributed by atoms with Crippen molar-refractivity contribution in [3.05, 3.63) is 65.1 Å². The van der Waals surface area contributed by atoms with Crippen LogP contribution in [0, 0.1) is 12.8 Å². The molecule has 2 saturated carbocycles. The predicted molar refractivity (Wildman–Crippen MR) is 140 cm³/mol. The number of aryl methyl sites for hydroxylation is 1. The van der Waals surface area contributed by atoms with E-state index in [1.807, 2.05) is 32.9 Å². The van der Waals surface area contributed by atoms with Crippen LogP contribution in [0.4, 0.5) is 10.5 Å². The summed E-state index contributed by atoms with van der Waals surface area (Å²) >= 11 is 0. The number of hydrogen-bond donors (Lipinski definition) is 1. The standard InChI is InChI=1S/C29H34N4O4/c1-4-35-23-14-15-24-25(16-23)33(22-6-5-7-22)27(26(24)28-32-31-18(3)37-28)20-10-12-21(13-11-20)30-29(34)36-17(2)19-8-9-19/h10-15,17,19,22,25H,4-9,16H2,1-3H3,(H,30,34). The quantitative estimate of drug-likeness (QED) is 0.468. The van der Waals surface area contributed by atoms with E-state index in [1.165, 1.54) is 12.0 Å². The molecule has 0 saturated heterocycles. The highest BCUT2D eigenvalue weighted by atomic mass is 16.6. The first-order valence-corrected chi connectivity index (χ1v) is 13.5. The summed E-state index contributed by atoms with van der Waals surface area (Å²) in [4.78, 5) is 14.9. The van der Waals surface area contributed by atoms with Crippen LogP contribution in [0.5, 0.6) is 0 Å². The minimum absolute atomic E-state index is 0.0498. The summed E-state index contributed by atoms with van der Waals surface area (Å²) in [6.07, 6.45) is 10.4. The van der Waals surface area contributed by atoms with Gasteiger partial charge in [-0.3, -0.25) is 5.32 Å². The Morgan fingerprint density at radius 2 is 1.95 bits per heavy atom. The molecular weight excluding hydrogens is 468 g/mol. The van der Waals surface area contributed by atoms with Crippen molar-refractivity contribution in [2.24, 2.45) is 5.92 Å². The first-order chi connectivity index (χ1) is 18.0. The molecule has 8 nitrogen and oxygen atoms in total. The maximum Gasteiger partial charge on any atom is 0.411 e. The Morgan fingerprint density at radius 3 is 2.57 bits per heavy atom. The van der Waals surface area contributed by atoms with E-state index in [2.05, 4.69) is 44.7 Å². The smallest absolute Gasteiger partial charge is 0.411 e. The van der Waals surface area contributed by atoms with E-state index in [9.17, 15) is 4.79 Å². The summed E-state index contributed by atoms with van der Waals surface area (Å²) in [6.45, 7) is 6.45. The molecule has 0 spiro atoms. The Balaban J connectivity index is 1.35. The summed E-state index contributed by atoms with van der Waals surface area (Å²) in [5.74, 6) is 2.59. The summed E-state index contributed by atoms with van der Waals surface area (Å²) in [5.41, 5.74) is 5.04. The largest absolute Gasteiger partial charge is 0.498 e. The van der Waals surface area contributed by atoms with Crippen LogP contribution in [-0.2, 0) is 9.47 Å². The number of benzene rings is 1. The number of allylic oxidation sites excluding steroid dienone is 2. The third-order valence-electron chi connectivity index (χ3n) is 7.84. The van der Waals surface area contributed by atoms with Crippen LogP contribution in [0.15, 0.2) is 52.2 Å². The highest BCUT2D eigenvalue weighted by Crippen LogP contribution is 2.51. The van der Waals surface area contributed by atoms with E-state index in [1.54, 1.807) is 0 Å². The Hall–Kier alpha value is -3.55. The molecule has 2 aromatic rings. The number of ether oxygens (including phenoxy) is 2. The third-order valence-corrected chi connectivity index (χ3v) is 7.84. The van der Waals surface area contributed by atoms with Gasteiger partial charge in [-0.25, -0.2) is 4.79 Å². The number of carbonyl (C=O) groups excluding carboxylic acids is 1. The Bertz CT molecular complexity index is 1270. The van der Waals surface area contributed by atoms with Crippen molar-refractivity contribution >= 4 is 23.1 Å². The number of aromatic nitrogens is 2. The molecule has 1 N–H and O–H groups in total. The molecule has 1 aromatic heterocycles. The molecule has 1 aliphatic heterocycles. The number of anilines is 1. The van der Waals surface area contributed by atoms with Gasteiger partial charge in [0.25, 0.3) is 0 Å². The van der Waals surface area contributed by atoms with E-state index in [-0.39, 0.29) is 12.1 Å². The highest BCUT2D eigenvalue weighted by Gasteiger charge is 2.45. The van der Waals surface area contributed by atoms with Crippen molar-refractivity contribution < 1.29 is 18.7 Å². The van der Waals surface area contributed by atoms with E-state index in [0.29, 0.717) is 36.0 Å². The number of nitrogens with one attached hydrogen (secondary N) is 1. The van der Waals surface area contributed by atoms with Gasteiger partial charge < -0.3 is 18.8 Å². The summed E-state index contributed by atoms with van der Waals surface area (Å²) in [6, 6.07) is 8.58. The average Bonchev–Trinajstić information content (AvgIpc) is 3.55. The second-order valence-corrected chi connectivity index (χ2v) is 10.4. The van der Waals surface area contributed by atoms with Gasteiger partial charge in [0.1, 0.15) is 6.10 Å². The summed E-state index contributed by atoms with van der Waals surface area (Å²) in [5, 5.41) is 11.4. The second-order valence-electron chi connectivity index (χ2n) is 10.4. The first-order valence-electron chi connectivity index (χ1n) is 13.5. The third kappa shape index (κ3) is 4.65. The van der Waals surface area contributed by atoms with Gasteiger partial charge in [-0.2, -0.15) is 0 Å². The van der Waals surface area contributed by atoms with Crippen molar-refractivity contribution in [2.75, 3.05) is 11.9 Å². The van der Waals surface area contributed by atoms with Gasteiger partial charge in [0.15, 0.2) is 0 Å². The van der Waals surface area contributed by atoms with E-state index in [4.69, 9.17) is 13.9 Å². The van der Waals surface area contributed by atoms with Crippen LogP contribution in [-0.4, -0.2) is 46.0 Å². The lowest BCUT2D eigenvalue weighted by atomic mass is 9.88. The molecular formula is C29H34N4O4. The molecule has 3 aliphatic carbocycles. The van der Waals surface area contributed by atoms with Crippen LogP contribution in [0.3, 0.4) is 0 Å². The molecule has 194 valence electrons. The monoisotopic (exact) mass is 502 g/mol. The Morgan fingerprint density at radius 1 is 1.16 bits per heavy atom. The van der Waals surface area contributed by atoms with Crippen molar-refractivity contribution in [1.29, 1.82) is 0 Å². The van der Waals surface area contributed by atoms with Gasteiger partial charge >= 0.3 is 6.09 Å². The molecule has 2 unspecified atom stereocenters. The SMILES string of the molecule is CCOC1=CC=C2C(c3nnc(C)o3)=C(c3ccc(NC(=O)OC(C)C4CC4)cc3)N(C3CCC3)C2C1. The van der Waals surface area contributed by atoms with Crippen molar-refractivity contribution in [2.45, 2.75) is 77.5 Å². The topological polar surface area (TPSA) is 89.7 Å². The molecule has 1 amide bonds. The zero-order valence-corrected chi connectivity index (χ0v) is 21.7. The molecule has 2 heterocycles. The van der Waals surface area contributed by atoms with Crippen molar-refractivity contribution in [1.82, 2.24) is 15.1 Å². The number of carbonyl (C=O) groups is 1. The lowest BCUT2D eigenvalue weighted by Crippen LogP contribution is -2.44. The molecule has 37 heavy (non-hydrogen) atoms. The summed E-state index contributed by atoms with van der Waals surface area (Å²) in [7, 11) is 0. The van der Waals surface area contributed by atoms with Gasteiger partial charge in [-0.15, -0.1) is 10.2 Å². The normalized spacial score (nSPS) is 22.1. The highest BCUT2D eigenvalue weighted by molar-refractivity contribution is 6.00. The molecule has 8 heteroatoms. The van der Waals surface area contributed by atoms with Gasteiger partial charge in [-0.1, -0.05) is 18.2 Å². The number of rotatable bonds is 8. The fourth-order valence-corrected chi connectivity index (χ4v) is 5.58. The molecule has 4 aliphatic rings. The van der Waals surface area contributed by atoms with Crippen LogP contribution >= 0.6 is 0 Å². The molecule has 0 bridgehead atoms. The second kappa shape index (κ2) is 9.72. The van der Waals surface area contributed by atoms with Gasteiger partial charge in [0.05, 0.1) is 29.7 Å². The first kappa shape index (κ1) is 23.8. The maximum absolute atomic E-state index is 12.4. The van der Waals surface area contributed by atoms with E-state index in [0.717, 1.165) is 54.7 Å². The van der Waals surface area contributed by atoms with Crippen molar-refractivity contribution in [3.8, 4) is 0 Å². The van der Waals surface area contributed by atoms with Gasteiger partial charge in [-0.05, 0) is 81.2 Å². The fraction of sp³-hybridized carbons (Fsp3) is 0.483. The number of fused-ring (bicyclic) bond motifs is 1.